The van der Waals surface area contributed by atoms with Crippen molar-refractivity contribution < 1.29 is 4.79 Å². The predicted molar refractivity (Wildman–Crippen MR) is 117 cm³/mol. The van der Waals surface area contributed by atoms with Gasteiger partial charge in [0, 0.05) is 24.2 Å². The number of hydrogen-bond acceptors (Lipinski definition) is 4. The van der Waals surface area contributed by atoms with Gasteiger partial charge >= 0.3 is 0 Å². The van der Waals surface area contributed by atoms with Gasteiger partial charge in [-0.15, -0.1) is 0 Å². The van der Waals surface area contributed by atoms with Crippen molar-refractivity contribution in [3.8, 4) is 0 Å². The van der Waals surface area contributed by atoms with Gasteiger partial charge in [-0.25, -0.2) is 4.98 Å². The second kappa shape index (κ2) is 8.00. The fraction of sp³-hybridized carbons (Fsp3) is 0.238. The molecule has 0 atom stereocenters. The van der Waals surface area contributed by atoms with E-state index in [0.717, 1.165) is 36.3 Å². The van der Waals surface area contributed by atoms with E-state index in [2.05, 4.69) is 28.1 Å². The molecule has 0 saturated carbocycles. The molecule has 3 aromatic rings. The van der Waals surface area contributed by atoms with Gasteiger partial charge in [0.15, 0.2) is 5.11 Å². The number of hydrogen-bond donors (Lipinski definition) is 3. The fourth-order valence-corrected chi connectivity index (χ4v) is 3.68. The topological polar surface area (TPSA) is 88.0 Å². The third-order valence-electron chi connectivity index (χ3n) is 5.01. The van der Waals surface area contributed by atoms with Crippen LogP contribution in [-0.2, 0) is 19.4 Å². The van der Waals surface area contributed by atoms with Crippen molar-refractivity contribution in [3.05, 3.63) is 69.8 Å². The molecule has 2 aromatic carbocycles. The Morgan fingerprint density at radius 2 is 2.03 bits per heavy atom. The molecule has 0 unspecified atom stereocenters. The summed E-state index contributed by atoms with van der Waals surface area (Å²) in [6.45, 7) is 2.77. The monoisotopic (exact) mass is 407 g/mol. The van der Waals surface area contributed by atoms with Crippen LogP contribution in [0.4, 0.5) is 5.69 Å². The number of aryl methyl sites for hydroxylation is 2. The lowest BCUT2D eigenvalue weighted by molar-refractivity contribution is 0.0944. The molecule has 0 bridgehead atoms. The average molecular weight is 407 g/mol. The molecule has 0 fully saturated rings. The van der Waals surface area contributed by atoms with Crippen molar-refractivity contribution in [2.45, 2.75) is 32.7 Å². The van der Waals surface area contributed by atoms with Crippen molar-refractivity contribution in [1.82, 2.24) is 20.4 Å². The van der Waals surface area contributed by atoms with Gasteiger partial charge in [-0.2, -0.15) is 0 Å². The maximum absolute atomic E-state index is 12.5. The number of hydrazine groups is 1. The van der Waals surface area contributed by atoms with E-state index in [-0.39, 0.29) is 16.6 Å². The first-order chi connectivity index (χ1) is 14.1. The third-order valence-corrected chi connectivity index (χ3v) is 5.22. The van der Waals surface area contributed by atoms with Gasteiger partial charge in [-0.1, -0.05) is 25.1 Å². The number of nitrogens with zero attached hydrogens (tertiary/aromatic N) is 2. The lowest BCUT2D eigenvalue weighted by Crippen LogP contribution is -2.43. The number of nitrogens with one attached hydrogen (secondary N) is 3. The molecule has 1 aromatic heterocycles. The van der Waals surface area contributed by atoms with E-state index in [1.165, 1.54) is 0 Å². The van der Waals surface area contributed by atoms with Gasteiger partial charge in [0.25, 0.3) is 11.5 Å². The van der Waals surface area contributed by atoms with Crippen LogP contribution in [0.25, 0.3) is 10.9 Å². The first kappa shape index (κ1) is 19.1. The van der Waals surface area contributed by atoms with Crippen molar-refractivity contribution in [3.63, 3.8) is 0 Å². The highest BCUT2D eigenvalue weighted by Gasteiger charge is 2.17. The maximum atomic E-state index is 12.5. The average Bonchev–Trinajstić information content (AvgIpc) is 3.21. The van der Waals surface area contributed by atoms with Crippen molar-refractivity contribution >= 4 is 39.8 Å². The summed E-state index contributed by atoms with van der Waals surface area (Å²) in [5, 5.41) is 3.89. The number of carbonyl (C=O) groups is 1. The summed E-state index contributed by atoms with van der Waals surface area (Å²) in [7, 11) is 0. The molecule has 0 aliphatic carbocycles. The van der Waals surface area contributed by atoms with Crippen LogP contribution in [0.3, 0.4) is 0 Å². The molecule has 1 amide bonds. The SMILES string of the molecule is CCc1ccccc1NC(=S)NNC(=O)c1ccc2c(=O)n3c(nc2c1)CCC3. The van der Waals surface area contributed by atoms with Crippen LogP contribution < -0.4 is 21.7 Å². The molecule has 0 saturated heterocycles. The molecule has 4 rings (SSSR count). The number of benzene rings is 2. The first-order valence-corrected chi connectivity index (χ1v) is 9.96. The summed E-state index contributed by atoms with van der Waals surface area (Å²) in [5.74, 6) is 0.417. The van der Waals surface area contributed by atoms with E-state index >= 15 is 0 Å². The number of amides is 1. The smallest absolute Gasteiger partial charge is 0.269 e. The molecule has 29 heavy (non-hydrogen) atoms. The van der Waals surface area contributed by atoms with Crippen LogP contribution >= 0.6 is 12.2 Å². The van der Waals surface area contributed by atoms with Crippen LogP contribution in [0.5, 0.6) is 0 Å². The van der Waals surface area contributed by atoms with Crippen LogP contribution in [0.1, 0.15) is 35.1 Å². The molecular weight excluding hydrogens is 386 g/mol. The summed E-state index contributed by atoms with van der Waals surface area (Å²) in [5.41, 5.74) is 8.21. The van der Waals surface area contributed by atoms with E-state index in [1.54, 1.807) is 22.8 Å². The minimum Gasteiger partial charge on any atom is -0.331 e. The normalized spacial score (nSPS) is 12.4. The number of rotatable bonds is 3. The zero-order chi connectivity index (χ0) is 20.4. The highest BCUT2D eigenvalue weighted by molar-refractivity contribution is 7.80. The Labute approximate surface area is 173 Å². The number of carbonyl (C=O) groups excluding carboxylic acids is 1. The lowest BCUT2D eigenvalue weighted by Gasteiger charge is -2.14. The zero-order valence-corrected chi connectivity index (χ0v) is 16.8. The van der Waals surface area contributed by atoms with Crippen LogP contribution in [-0.4, -0.2) is 20.6 Å². The Hall–Kier alpha value is -3.26. The second-order valence-electron chi connectivity index (χ2n) is 6.86. The van der Waals surface area contributed by atoms with Gasteiger partial charge < -0.3 is 5.32 Å². The second-order valence-corrected chi connectivity index (χ2v) is 7.27. The van der Waals surface area contributed by atoms with Crippen molar-refractivity contribution in [2.75, 3.05) is 5.32 Å². The molecule has 8 heteroatoms. The number of anilines is 1. The number of fused-ring (bicyclic) bond motifs is 2. The van der Waals surface area contributed by atoms with Gasteiger partial charge in [0.05, 0.1) is 10.9 Å². The zero-order valence-electron chi connectivity index (χ0n) is 16.0. The molecule has 1 aliphatic heterocycles. The van der Waals surface area contributed by atoms with E-state index < -0.39 is 0 Å². The first-order valence-electron chi connectivity index (χ1n) is 9.55. The van der Waals surface area contributed by atoms with E-state index in [0.29, 0.717) is 23.0 Å². The van der Waals surface area contributed by atoms with E-state index in [9.17, 15) is 9.59 Å². The van der Waals surface area contributed by atoms with Crippen molar-refractivity contribution in [2.24, 2.45) is 0 Å². The quantitative estimate of drug-likeness (QED) is 0.457. The molecule has 0 spiro atoms. The fourth-order valence-electron chi connectivity index (χ4n) is 3.51. The third kappa shape index (κ3) is 3.84. The minimum absolute atomic E-state index is 0.0486. The Kier molecular flexibility index (Phi) is 5.26. The lowest BCUT2D eigenvalue weighted by atomic mass is 10.1. The van der Waals surface area contributed by atoms with Crippen molar-refractivity contribution in [1.29, 1.82) is 0 Å². The Balaban J connectivity index is 1.46. The Bertz CT molecular complexity index is 1170. The largest absolute Gasteiger partial charge is 0.331 e. The summed E-state index contributed by atoms with van der Waals surface area (Å²) >= 11 is 5.27. The van der Waals surface area contributed by atoms with Gasteiger partial charge in [0.1, 0.15) is 5.82 Å². The summed E-state index contributed by atoms with van der Waals surface area (Å²) in [4.78, 5) is 29.6. The Morgan fingerprint density at radius 3 is 2.86 bits per heavy atom. The van der Waals surface area contributed by atoms with E-state index in [1.807, 2.05) is 24.3 Å². The molecule has 0 radical (unpaired) electrons. The molecule has 7 nitrogen and oxygen atoms in total. The highest BCUT2D eigenvalue weighted by atomic mass is 32.1. The van der Waals surface area contributed by atoms with Gasteiger partial charge in [0.2, 0.25) is 0 Å². The van der Waals surface area contributed by atoms with Crippen LogP contribution in [0, 0.1) is 0 Å². The van der Waals surface area contributed by atoms with E-state index in [4.69, 9.17) is 12.2 Å². The van der Waals surface area contributed by atoms with Crippen LogP contribution in [0.2, 0.25) is 0 Å². The molecule has 1 aliphatic rings. The maximum Gasteiger partial charge on any atom is 0.269 e. The molecule has 3 N–H and O–H groups in total. The Morgan fingerprint density at radius 1 is 1.21 bits per heavy atom. The van der Waals surface area contributed by atoms with Gasteiger partial charge in [-0.05, 0) is 54.9 Å². The van der Waals surface area contributed by atoms with Crippen LogP contribution in [0.15, 0.2) is 47.3 Å². The summed E-state index contributed by atoms with van der Waals surface area (Å²) in [6, 6.07) is 12.7. The molecule has 2 heterocycles. The minimum atomic E-state index is -0.359. The number of thiocarbonyl (C=S) groups is 1. The number of aromatic nitrogens is 2. The molecule has 148 valence electrons. The van der Waals surface area contributed by atoms with Gasteiger partial charge in [-0.3, -0.25) is 25.0 Å². The summed E-state index contributed by atoms with van der Waals surface area (Å²) in [6.07, 6.45) is 2.57. The standard InChI is InChI=1S/C21H21N5O2S/c1-2-13-6-3-4-7-16(13)23-21(29)25-24-19(27)14-9-10-15-17(12-14)22-18-8-5-11-26(18)20(15)28/h3-4,6-7,9-10,12H,2,5,8,11H2,1H3,(H,24,27)(H2,23,25,29). The summed E-state index contributed by atoms with van der Waals surface area (Å²) < 4.78 is 1.71. The molecular formula is C21H21N5O2S. The number of para-hydroxylation sites is 1. The predicted octanol–water partition coefficient (Wildman–Crippen LogP) is 2.54. The highest BCUT2D eigenvalue weighted by Crippen LogP contribution is 2.17.